The molecular weight excluding hydrogens is 658 g/mol. The van der Waals surface area contributed by atoms with Crippen molar-refractivity contribution in [2.75, 3.05) is 0 Å². The summed E-state index contributed by atoms with van der Waals surface area (Å²) in [6.07, 6.45) is 0.583. The van der Waals surface area contributed by atoms with E-state index in [1.54, 1.807) is 109 Å². The Morgan fingerprint density at radius 2 is 0.673 bits per heavy atom. The number of phosphoric acid groups is 2. The van der Waals surface area contributed by atoms with Crippen molar-refractivity contribution in [3.63, 3.8) is 0 Å². The van der Waals surface area contributed by atoms with Crippen LogP contribution in [-0.2, 0) is 15.6 Å². The largest absolute Gasteiger partial charge is 0.647 e. The number of rotatable bonds is 14. The van der Waals surface area contributed by atoms with Crippen LogP contribution in [0.2, 0.25) is 0 Å². The number of aryl methyl sites for hydroxylation is 2. The topological polar surface area (TPSA) is 89.5 Å². The maximum atomic E-state index is 13.9. The van der Waals surface area contributed by atoms with E-state index in [-0.39, 0.29) is 0 Å². The highest BCUT2D eigenvalue weighted by atomic mass is 31.2. The van der Waals surface area contributed by atoms with Crippen molar-refractivity contribution in [1.29, 1.82) is 0 Å². The Balaban J connectivity index is 1.17. The van der Waals surface area contributed by atoms with Gasteiger partial charge in [0.15, 0.2) is 0 Å². The van der Waals surface area contributed by atoms with Gasteiger partial charge in [-0.15, -0.1) is 0 Å². The molecule has 0 saturated carbocycles. The van der Waals surface area contributed by atoms with E-state index in [0.29, 0.717) is 40.9 Å². The van der Waals surface area contributed by atoms with E-state index in [9.17, 15) is 9.13 Å². The Hall–Kier alpha value is -5.42. The smallest absolute Gasteiger partial charge is 0.386 e. The molecule has 0 saturated heterocycles. The van der Waals surface area contributed by atoms with Crippen LogP contribution in [0.15, 0.2) is 158 Å². The first-order chi connectivity index (χ1) is 23.7. The van der Waals surface area contributed by atoms with Gasteiger partial charge in [-0.2, -0.15) is 9.13 Å². The lowest BCUT2D eigenvalue weighted by Crippen LogP contribution is -2.08. The molecule has 6 aromatic carbocycles. The normalized spacial score (nSPS) is 11.3. The molecule has 0 aliphatic heterocycles. The minimum Gasteiger partial charge on any atom is -0.386 e. The van der Waals surface area contributed by atoms with Gasteiger partial charge in [-0.1, -0.05) is 97.1 Å². The van der Waals surface area contributed by atoms with Gasteiger partial charge in [0, 0.05) is 0 Å². The van der Waals surface area contributed by atoms with E-state index in [4.69, 9.17) is 27.1 Å². The Kier molecular flexibility index (Phi) is 10.4. The molecule has 0 aliphatic carbocycles. The summed E-state index contributed by atoms with van der Waals surface area (Å²) in [6.45, 7) is 3.74. The third-order valence-corrected chi connectivity index (χ3v) is 9.73. The lowest BCUT2D eigenvalue weighted by Gasteiger charge is -2.21. The van der Waals surface area contributed by atoms with Crippen molar-refractivity contribution < 1.29 is 36.3 Å². The summed E-state index contributed by atoms with van der Waals surface area (Å²) in [6, 6.07) is 46.2. The maximum absolute atomic E-state index is 13.9. The Morgan fingerprint density at radius 3 is 0.939 bits per heavy atom. The van der Waals surface area contributed by atoms with Crippen LogP contribution in [0.3, 0.4) is 0 Å². The monoisotopic (exact) mass is 692 g/mol. The lowest BCUT2D eigenvalue weighted by molar-refractivity contribution is 0.296. The van der Waals surface area contributed by atoms with Crippen molar-refractivity contribution in [1.82, 2.24) is 0 Å². The van der Waals surface area contributed by atoms with E-state index in [2.05, 4.69) is 0 Å². The molecule has 6 rings (SSSR count). The van der Waals surface area contributed by atoms with Gasteiger partial charge in [-0.05, 0) is 103 Å². The van der Waals surface area contributed by atoms with Gasteiger partial charge in [0.2, 0.25) is 0 Å². The van der Waals surface area contributed by atoms with Crippen LogP contribution in [0.5, 0.6) is 34.5 Å². The fraction of sp³-hybridized carbons (Fsp3) is 0.0769. The molecule has 6 aromatic rings. The molecular formula is C39H34O8P2. The summed E-state index contributed by atoms with van der Waals surface area (Å²) >= 11 is 0. The van der Waals surface area contributed by atoms with E-state index in [1.807, 2.05) is 62.4 Å². The number of hydrogen-bond donors (Lipinski definition) is 0. The summed E-state index contributed by atoms with van der Waals surface area (Å²) in [5.41, 5.74) is 3.48. The molecule has 0 aromatic heterocycles. The second kappa shape index (κ2) is 15.2. The highest BCUT2D eigenvalue weighted by molar-refractivity contribution is 7.50. The van der Waals surface area contributed by atoms with Crippen molar-refractivity contribution in [3.8, 4) is 34.5 Å². The molecule has 49 heavy (non-hydrogen) atoms. The van der Waals surface area contributed by atoms with Crippen LogP contribution in [-0.4, -0.2) is 0 Å². The molecule has 0 bridgehead atoms. The average Bonchev–Trinajstić information content (AvgIpc) is 3.09. The Bertz CT molecular complexity index is 1830. The third kappa shape index (κ3) is 9.35. The van der Waals surface area contributed by atoms with Crippen LogP contribution in [0.25, 0.3) is 0 Å². The SMILES string of the molecule is Cc1cc(Cc2ccc(OP(=O)(Oc3ccccc3)Oc3ccccc3)c(C)c2)ccc1OP(=O)(Oc1ccccc1)Oc1ccccc1. The van der Waals surface area contributed by atoms with Gasteiger partial charge in [-0.25, -0.2) is 0 Å². The fourth-order valence-electron chi connectivity index (χ4n) is 4.88. The van der Waals surface area contributed by atoms with Gasteiger partial charge >= 0.3 is 15.6 Å². The van der Waals surface area contributed by atoms with Crippen molar-refractivity contribution >= 4 is 15.6 Å². The summed E-state index contributed by atoms with van der Waals surface area (Å²) < 4.78 is 62.8. The van der Waals surface area contributed by atoms with Gasteiger partial charge in [0.25, 0.3) is 0 Å². The summed E-state index contributed by atoms with van der Waals surface area (Å²) in [5, 5.41) is 0. The third-order valence-electron chi connectivity index (χ3n) is 7.15. The number of phosphoric ester groups is 2. The summed E-state index contributed by atoms with van der Waals surface area (Å²) in [4.78, 5) is 0. The van der Waals surface area contributed by atoms with Gasteiger partial charge in [0.05, 0.1) is 0 Å². The van der Waals surface area contributed by atoms with Crippen molar-refractivity contribution in [3.05, 3.63) is 180 Å². The molecule has 0 aliphatic rings. The van der Waals surface area contributed by atoms with E-state index >= 15 is 0 Å². The predicted octanol–water partition coefficient (Wildman–Crippen LogP) is 11.2. The number of para-hydroxylation sites is 4. The molecule has 0 N–H and O–H groups in total. The molecule has 8 nitrogen and oxygen atoms in total. The summed E-state index contributed by atoms with van der Waals surface area (Å²) in [7, 11) is -8.25. The van der Waals surface area contributed by atoms with Gasteiger partial charge in [0.1, 0.15) is 34.5 Å². The zero-order valence-electron chi connectivity index (χ0n) is 26.9. The second-order valence-electron chi connectivity index (χ2n) is 11.1. The highest BCUT2D eigenvalue weighted by Gasteiger charge is 2.35. The van der Waals surface area contributed by atoms with Gasteiger partial charge in [-0.3, -0.25) is 0 Å². The van der Waals surface area contributed by atoms with Gasteiger partial charge < -0.3 is 27.1 Å². The summed E-state index contributed by atoms with van der Waals surface area (Å²) in [5.74, 6) is 2.15. The quantitative estimate of drug-likeness (QED) is 0.104. The number of benzene rings is 6. The molecule has 0 unspecified atom stereocenters. The molecule has 0 spiro atoms. The lowest BCUT2D eigenvalue weighted by atomic mass is 10.0. The molecule has 0 radical (unpaired) electrons. The zero-order valence-corrected chi connectivity index (χ0v) is 28.7. The molecule has 0 atom stereocenters. The minimum absolute atomic E-state index is 0.355. The predicted molar refractivity (Wildman–Crippen MR) is 190 cm³/mol. The molecule has 10 heteroatoms. The highest BCUT2D eigenvalue weighted by Crippen LogP contribution is 2.51. The molecule has 248 valence electrons. The van der Waals surface area contributed by atoms with E-state index in [0.717, 1.165) is 22.3 Å². The van der Waals surface area contributed by atoms with Crippen LogP contribution < -0.4 is 27.1 Å². The second-order valence-corrected chi connectivity index (χ2v) is 14.0. The Labute approximate surface area is 286 Å². The first-order valence-corrected chi connectivity index (χ1v) is 18.4. The molecule has 0 heterocycles. The van der Waals surface area contributed by atoms with E-state index < -0.39 is 15.6 Å². The van der Waals surface area contributed by atoms with Crippen LogP contribution in [0, 0.1) is 13.8 Å². The molecule has 0 fully saturated rings. The molecule has 0 amide bonds. The fourth-order valence-corrected chi connectivity index (χ4v) is 7.51. The van der Waals surface area contributed by atoms with Crippen molar-refractivity contribution in [2.45, 2.75) is 20.3 Å². The van der Waals surface area contributed by atoms with Crippen LogP contribution in [0.1, 0.15) is 22.3 Å². The first kappa shape index (κ1) is 33.5. The van der Waals surface area contributed by atoms with Crippen molar-refractivity contribution in [2.24, 2.45) is 0 Å². The number of hydrogen-bond acceptors (Lipinski definition) is 8. The average molecular weight is 693 g/mol. The minimum atomic E-state index is -4.13. The van der Waals surface area contributed by atoms with Crippen LogP contribution in [0.4, 0.5) is 0 Å². The zero-order chi connectivity index (χ0) is 34.1. The Morgan fingerprint density at radius 1 is 0.388 bits per heavy atom. The standard InChI is InChI=1S/C39H34O8P2/c1-30-27-32(23-25-38(30)46-48(40,42-34-15-7-3-8-16-34)43-35-17-9-4-10-18-35)29-33-24-26-39(31(2)28-33)47-49(41,44-36-19-11-5-12-20-36)45-37-21-13-6-14-22-37/h3-28H,29H2,1-2H3. The maximum Gasteiger partial charge on any atom is 0.647 e. The van der Waals surface area contributed by atoms with E-state index in [1.165, 1.54) is 0 Å². The first-order valence-electron chi connectivity index (χ1n) is 15.5. The van der Waals surface area contributed by atoms with Crippen LogP contribution >= 0.6 is 15.6 Å².